The molecule has 11 nitrogen and oxygen atoms in total. The second-order valence-electron chi connectivity index (χ2n) is 9.50. The predicted octanol–water partition coefficient (Wildman–Crippen LogP) is 3.76. The third-order valence-corrected chi connectivity index (χ3v) is 6.94. The van der Waals surface area contributed by atoms with E-state index in [1.807, 2.05) is 18.2 Å². The number of fused-ring (bicyclic) bond motifs is 1. The van der Waals surface area contributed by atoms with E-state index in [4.69, 9.17) is 9.47 Å². The van der Waals surface area contributed by atoms with Gasteiger partial charge in [0.15, 0.2) is 0 Å². The highest BCUT2D eigenvalue weighted by Crippen LogP contribution is 2.42. The minimum atomic E-state index is -0.704. The number of carbonyl (C=O) groups is 2. The van der Waals surface area contributed by atoms with Crippen LogP contribution < -0.4 is 15.0 Å². The van der Waals surface area contributed by atoms with Gasteiger partial charge >= 0.3 is 17.9 Å². The first-order valence-corrected chi connectivity index (χ1v) is 12.1. The first-order chi connectivity index (χ1) is 18.2. The number of nitro groups is 1. The van der Waals surface area contributed by atoms with Crippen molar-refractivity contribution in [1.82, 2.24) is 14.9 Å². The number of nitrogens with one attached hydrogen (secondary N) is 1. The maximum atomic E-state index is 15.2. The largest absolute Gasteiger partial charge is 0.442 e. The third kappa shape index (κ3) is 4.64. The lowest BCUT2D eigenvalue weighted by Crippen LogP contribution is -2.42. The van der Waals surface area contributed by atoms with E-state index in [1.165, 1.54) is 24.1 Å². The highest BCUT2D eigenvalue weighted by atomic mass is 19.1. The van der Waals surface area contributed by atoms with Crippen LogP contribution in [0.15, 0.2) is 55.3 Å². The molecule has 2 aliphatic heterocycles. The number of nitrogens with zero attached hydrogens (tertiary/aromatic N) is 4. The van der Waals surface area contributed by atoms with E-state index < -0.39 is 28.5 Å². The first-order valence-electron chi connectivity index (χ1n) is 12.1. The number of allylic oxidation sites excluding steroid dienone is 3. The normalized spacial score (nSPS) is 23.9. The number of rotatable bonds is 8. The van der Waals surface area contributed by atoms with Crippen LogP contribution in [0.1, 0.15) is 25.3 Å². The number of amides is 2. The number of benzene rings is 1. The van der Waals surface area contributed by atoms with Crippen LogP contribution in [0.2, 0.25) is 0 Å². The van der Waals surface area contributed by atoms with Gasteiger partial charge in [-0.05, 0) is 35.1 Å². The summed E-state index contributed by atoms with van der Waals surface area (Å²) in [4.78, 5) is 39.2. The van der Waals surface area contributed by atoms with Gasteiger partial charge in [0.1, 0.15) is 23.7 Å². The van der Waals surface area contributed by atoms with Gasteiger partial charge in [0.2, 0.25) is 5.91 Å². The standard InChI is InChI=1S/C26H26FN5O6/c1-3-10-26(15-30-14-23(32(35)36)29-24(30)38-26)18-6-4-17(5-7-18)21-9-8-19(11-22(21)27)31-13-20(37-25(31)34)12-28-16(2)33/h3-6,8-9,11,14,18,20H,1,7,10,12-13,15H2,2H3,(H,28,33)/t18?,20-,26?/m0/s1. The summed E-state index contributed by atoms with van der Waals surface area (Å²) < 4.78 is 28.2. The summed E-state index contributed by atoms with van der Waals surface area (Å²) in [6, 6.07) is 4.77. The Hall–Kier alpha value is -4.48. The molecule has 3 aliphatic rings. The highest BCUT2D eigenvalue weighted by molar-refractivity contribution is 5.90. The summed E-state index contributed by atoms with van der Waals surface area (Å²) >= 11 is 0. The Morgan fingerprint density at radius 3 is 2.89 bits per heavy atom. The van der Waals surface area contributed by atoms with Gasteiger partial charge in [0, 0.05) is 29.8 Å². The monoisotopic (exact) mass is 523 g/mol. The van der Waals surface area contributed by atoms with Crippen LogP contribution in [0.5, 0.6) is 6.01 Å². The Balaban J connectivity index is 1.28. The molecule has 0 bridgehead atoms. The van der Waals surface area contributed by atoms with Crippen molar-refractivity contribution in [3.63, 3.8) is 0 Å². The van der Waals surface area contributed by atoms with Crippen LogP contribution in [-0.4, -0.2) is 51.3 Å². The summed E-state index contributed by atoms with van der Waals surface area (Å²) in [5.41, 5.74) is 0.745. The molecule has 2 aromatic rings. The van der Waals surface area contributed by atoms with Crippen molar-refractivity contribution in [2.75, 3.05) is 18.0 Å². The van der Waals surface area contributed by atoms with Gasteiger partial charge < -0.3 is 24.9 Å². The van der Waals surface area contributed by atoms with Gasteiger partial charge in [-0.1, -0.05) is 24.3 Å². The van der Waals surface area contributed by atoms with Crippen molar-refractivity contribution >= 4 is 29.1 Å². The highest BCUT2D eigenvalue weighted by Gasteiger charge is 2.48. The van der Waals surface area contributed by atoms with Crippen molar-refractivity contribution in [3.8, 4) is 6.01 Å². The molecule has 0 saturated carbocycles. The van der Waals surface area contributed by atoms with E-state index >= 15 is 4.39 Å². The molecule has 0 radical (unpaired) electrons. The molecule has 1 saturated heterocycles. The Bertz CT molecular complexity index is 1360. The fourth-order valence-electron chi connectivity index (χ4n) is 5.08. The number of anilines is 1. The lowest BCUT2D eigenvalue weighted by Gasteiger charge is -2.34. The zero-order valence-corrected chi connectivity index (χ0v) is 20.6. The molecule has 1 fully saturated rings. The maximum absolute atomic E-state index is 15.2. The number of hydrogen-bond donors (Lipinski definition) is 1. The number of hydrogen-bond acceptors (Lipinski definition) is 7. The van der Waals surface area contributed by atoms with Crippen LogP contribution in [-0.2, 0) is 16.1 Å². The number of halogens is 1. The van der Waals surface area contributed by atoms with E-state index in [0.29, 0.717) is 36.2 Å². The second-order valence-corrected chi connectivity index (χ2v) is 9.50. The smallest absolute Gasteiger partial charge is 0.415 e. The Morgan fingerprint density at radius 1 is 1.45 bits per heavy atom. The molecule has 2 unspecified atom stereocenters. The van der Waals surface area contributed by atoms with Gasteiger partial charge in [0.25, 0.3) is 0 Å². The molecule has 12 heteroatoms. The molecule has 0 spiro atoms. The van der Waals surface area contributed by atoms with Gasteiger partial charge in [0.05, 0.1) is 25.3 Å². The fraction of sp³-hybridized carbons (Fsp3) is 0.346. The van der Waals surface area contributed by atoms with E-state index in [1.54, 1.807) is 22.8 Å². The molecule has 1 aromatic carbocycles. The summed E-state index contributed by atoms with van der Waals surface area (Å²) in [6.45, 7) is 5.98. The minimum absolute atomic E-state index is 0.0905. The van der Waals surface area contributed by atoms with Crippen LogP contribution in [0.25, 0.3) is 5.57 Å². The molecule has 2 amide bonds. The molecule has 1 aromatic heterocycles. The van der Waals surface area contributed by atoms with E-state index in [9.17, 15) is 19.7 Å². The third-order valence-electron chi connectivity index (χ3n) is 6.94. The average molecular weight is 524 g/mol. The fourth-order valence-corrected chi connectivity index (χ4v) is 5.08. The van der Waals surface area contributed by atoms with Gasteiger partial charge in [-0.3, -0.25) is 14.3 Å². The Kier molecular flexibility index (Phi) is 6.47. The van der Waals surface area contributed by atoms with Crippen molar-refractivity contribution in [2.45, 2.75) is 38.0 Å². The minimum Gasteiger partial charge on any atom is -0.442 e. The SMILES string of the molecule is C=CCC1(C2C=CC(c3ccc(N4C[C@H](CNC(C)=O)OC4=O)cc3F)=CC2)Cn2cc([N+](=O)[O-])nc2O1. The van der Waals surface area contributed by atoms with Crippen LogP contribution >= 0.6 is 0 Å². The van der Waals surface area contributed by atoms with Gasteiger partial charge in [-0.2, -0.15) is 0 Å². The Morgan fingerprint density at radius 2 is 2.26 bits per heavy atom. The van der Waals surface area contributed by atoms with Crippen LogP contribution in [0.3, 0.4) is 0 Å². The quantitative estimate of drug-likeness (QED) is 0.317. The molecule has 3 heterocycles. The molecule has 5 rings (SSSR count). The molecular formula is C26H26FN5O6. The van der Waals surface area contributed by atoms with Gasteiger partial charge in [-0.15, -0.1) is 6.58 Å². The zero-order chi connectivity index (χ0) is 27.0. The summed E-state index contributed by atoms with van der Waals surface area (Å²) in [5.74, 6) is -1.07. The van der Waals surface area contributed by atoms with E-state index in [0.717, 1.165) is 0 Å². The molecule has 1 aliphatic carbocycles. The second kappa shape index (κ2) is 9.77. The molecule has 198 valence electrons. The van der Waals surface area contributed by atoms with E-state index in [2.05, 4.69) is 16.9 Å². The lowest BCUT2D eigenvalue weighted by atomic mass is 9.78. The van der Waals surface area contributed by atoms with Crippen molar-refractivity contribution in [3.05, 3.63) is 76.8 Å². The number of ether oxygens (including phenoxy) is 2. The van der Waals surface area contributed by atoms with Gasteiger partial charge in [-0.25, -0.2) is 9.18 Å². The average Bonchev–Trinajstić information content (AvgIpc) is 3.55. The number of cyclic esters (lactones) is 1. The molecular weight excluding hydrogens is 497 g/mol. The lowest BCUT2D eigenvalue weighted by molar-refractivity contribution is -0.389. The molecule has 38 heavy (non-hydrogen) atoms. The van der Waals surface area contributed by atoms with Crippen LogP contribution in [0, 0.1) is 21.8 Å². The summed E-state index contributed by atoms with van der Waals surface area (Å²) in [5, 5.41) is 13.6. The zero-order valence-electron chi connectivity index (χ0n) is 20.6. The molecule has 3 atom stereocenters. The summed E-state index contributed by atoms with van der Waals surface area (Å²) in [7, 11) is 0. The summed E-state index contributed by atoms with van der Waals surface area (Å²) in [6.07, 6.45) is 8.76. The van der Waals surface area contributed by atoms with Crippen molar-refractivity contribution < 1.29 is 28.4 Å². The Labute approximate surface area is 217 Å². The van der Waals surface area contributed by atoms with E-state index in [-0.39, 0.29) is 36.7 Å². The number of imidazole rings is 1. The topological polar surface area (TPSA) is 129 Å². The maximum Gasteiger partial charge on any atom is 0.415 e. The molecule has 1 N–H and O–H groups in total. The number of aromatic nitrogens is 2. The van der Waals surface area contributed by atoms with Crippen molar-refractivity contribution in [2.24, 2.45) is 5.92 Å². The number of carbonyl (C=O) groups excluding carboxylic acids is 2. The first kappa shape index (κ1) is 25.2. The van der Waals surface area contributed by atoms with Crippen molar-refractivity contribution in [1.29, 1.82) is 0 Å². The van der Waals surface area contributed by atoms with Crippen LogP contribution in [0.4, 0.5) is 20.7 Å². The predicted molar refractivity (Wildman–Crippen MR) is 135 cm³/mol.